The van der Waals surface area contributed by atoms with E-state index in [4.69, 9.17) is 4.74 Å². The molecule has 27 heavy (non-hydrogen) atoms. The van der Waals surface area contributed by atoms with Gasteiger partial charge in [-0.15, -0.1) is 0 Å². The number of hydrogen-bond acceptors (Lipinski definition) is 3. The van der Waals surface area contributed by atoms with Gasteiger partial charge in [-0.1, -0.05) is 19.1 Å². The first-order valence-corrected chi connectivity index (χ1v) is 9.92. The molecular weight excluding hydrogens is 338 g/mol. The van der Waals surface area contributed by atoms with Crippen LogP contribution >= 0.6 is 0 Å². The third-order valence-corrected chi connectivity index (χ3v) is 5.79. The standard InChI is InChI=1S/C21H29N5O/c1-16-6-10-25(14-19(16)26-11-9-23-15-26)21(22-2)24-8-5-17-3-4-20-18(13-17)7-12-27-20/h3-4,9,11,13,15-16,19H,5-8,10,12,14H2,1-2H3,(H,22,24). The average Bonchev–Trinajstić information content (AvgIpc) is 3.37. The van der Waals surface area contributed by atoms with Crippen molar-refractivity contribution < 1.29 is 4.74 Å². The highest BCUT2D eigenvalue weighted by atomic mass is 16.5. The summed E-state index contributed by atoms with van der Waals surface area (Å²) in [7, 11) is 1.87. The van der Waals surface area contributed by atoms with Crippen LogP contribution < -0.4 is 10.1 Å². The molecule has 1 fully saturated rings. The number of hydrogen-bond donors (Lipinski definition) is 1. The van der Waals surface area contributed by atoms with Gasteiger partial charge in [0.05, 0.1) is 19.0 Å². The van der Waals surface area contributed by atoms with Gasteiger partial charge < -0.3 is 19.5 Å². The highest BCUT2D eigenvalue weighted by Gasteiger charge is 2.28. The second-order valence-corrected chi connectivity index (χ2v) is 7.55. The zero-order chi connectivity index (χ0) is 18.6. The fourth-order valence-corrected chi connectivity index (χ4v) is 4.14. The van der Waals surface area contributed by atoms with E-state index in [-0.39, 0.29) is 0 Å². The summed E-state index contributed by atoms with van der Waals surface area (Å²) in [6.45, 7) is 6.04. The van der Waals surface area contributed by atoms with Crippen LogP contribution in [0.4, 0.5) is 0 Å². The van der Waals surface area contributed by atoms with Crippen LogP contribution in [-0.4, -0.2) is 53.7 Å². The molecule has 2 unspecified atom stereocenters. The molecule has 0 radical (unpaired) electrons. The van der Waals surface area contributed by atoms with Crippen LogP contribution in [0.5, 0.6) is 5.75 Å². The van der Waals surface area contributed by atoms with Gasteiger partial charge in [-0.3, -0.25) is 4.99 Å². The predicted octanol–water partition coefficient (Wildman–Crippen LogP) is 2.52. The van der Waals surface area contributed by atoms with Gasteiger partial charge in [-0.05, 0) is 36.0 Å². The number of likely N-dealkylation sites (tertiary alicyclic amines) is 1. The van der Waals surface area contributed by atoms with Crippen LogP contribution in [0.25, 0.3) is 0 Å². The van der Waals surface area contributed by atoms with Crippen LogP contribution in [0.1, 0.15) is 30.5 Å². The smallest absolute Gasteiger partial charge is 0.193 e. The molecule has 1 N–H and O–H groups in total. The number of imidazole rings is 1. The second-order valence-electron chi connectivity index (χ2n) is 7.55. The fraction of sp³-hybridized carbons (Fsp3) is 0.524. The summed E-state index contributed by atoms with van der Waals surface area (Å²) in [6, 6.07) is 7.00. The average molecular weight is 367 g/mol. The van der Waals surface area contributed by atoms with Crippen molar-refractivity contribution in [1.29, 1.82) is 0 Å². The Morgan fingerprint density at radius 1 is 1.41 bits per heavy atom. The number of aliphatic imine (C=N–C) groups is 1. The summed E-state index contributed by atoms with van der Waals surface area (Å²) < 4.78 is 7.83. The number of aromatic nitrogens is 2. The van der Waals surface area contributed by atoms with Crippen molar-refractivity contribution >= 4 is 5.96 Å². The van der Waals surface area contributed by atoms with Gasteiger partial charge in [-0.25, -0.2) is 4.98 Å². The zero-order valence-electron chi connectivity index (χ0n) is 16.3. The van der Waals surface area contributed by atoms with Crippen molar-refractivity contribution in [1.82, 2.24) is 19.8 Å². The maximum atomic E-state index is 5.59. The van der Waals surface area contributed by atoms with Crippen LogP contribution in [-0.2, 0) is 12.8 Å². The van der Waals surface area contributed by atoms with Gasteiger partial charge in [0.1, 0.15) is 5.75 Å². The van der Waals surface area contributed by atoms with Gasteiger partial charge in [-0.2, -0.15) is 0 Å². The Labute approximate surface area is 161 Å². The Morgan fingerprint density at radius 3 is 3.15 bits per heavy atom. The lowest BCUT2D eigenvalue weighted by Gasteiger charge is -2.39. The largest absolute Gasteiger partial charge is 0.493 e. The Kier molecular flexibility index (Phi) is 5.32. The molecule has 6 heteroatoms. The SMILES string of the molecule is CN=C(NCCc1ccc2c(c1)CCO2)N1CCC(C)C(n2ccnc2)C1. The van der Waals surface area contributed by atoms with Crippen LogP contribution in [0.15, 0.2) is 41.9 Å². The lowest BCUT2D eigenvalue weighted by atomic mass is 9.93. The van der Waals surface area contributed by atoms with Crippen LogP contribution in [0.3, 0.4) is 0 Å². The van der Waals surface area contributed by atoms with Gasteiger partial charge in [0, 0.05) is 45.5 Å². The maximum absolute atomic E-state index is 5.59. The summed E-state index contributed by atoms with van der Waals surface area (Å²) in [4.78, 5) is 11.1. The molecule has 2 atom stereocenters. The van der Waals surface area contributed by atoms with Crippen molar-refractivity contribution in [2.24, 2.45) is 10.9 Å². The first kappa shape index (κ1) is 17.9. The van der Waals surface area contributed by atoms with Gasteiger partial charge in [0.15, 0.2) is 5.96 Å². The van der Waals surface area contributed by atoms with E-state index in [1.54, 1.807) is 0 Å². The Morgan fingerprint density at radius 2 is 2.33 bits per heavy atom. The molecule has 0 saturated carbocycles. The number of rotatable bonds is 4. The lowest BCUT2D eigenvalue weighted by molar-refractivity contribution is 0.189. The van der Waals surface area contributed by atoms with E-state index >= 15 is 0 Å². The first-order chi connectivity index (χ1) is 13.2. The van der Waals surface area contributed by atoms with Gasteiger partial charge >= 0.3 is 0 Å². The molecule has 0 bridgehead atoms. The molecule has 144 valence electrons. The molecule has 2 aromatic rings. The second kappa shape index (κ2) is 8.03. The third-order valence-electron chi connectivity index (χ3n) is 5.79. The van der Waals surface area contributed by atoms with E-state index in [9.17, 15) is 0 Å². The van der Waals surface area contributed by atoms with E-state index in [2.05, 4.69) is 56.1 Å². The van der Waals surface area contributed by atoms with Crippen molar-refractivity contribution in [3.63, 3.8) is 0 Å². The molecule has 3 heterocycles. The minimum atomic E-state index is 0.441. The maximum Gasteiger partial charge on any atom is 0.193 e. The monoisotopic (exact) mass is 367 g/mol. The number of ether oxygens (including phenoxy) is 1. The number of fused-ring (bicyclic) bond motifs is 1. The molecule has 1 aromatic heterocycles. The number of nitrogens with zero attached hydrogens (tertiary/aromatic N) is 4. The highest BCUT2D eigenvalue weighted by Crippen LogP contribution is 2.28. The molecular formula is C21H29N5O. The fourth-order valence-electron chi connectivity index (χ4n) is 4.14. The van der Waals surface area contributed by atoms with Crippen LogP contribution in [0.2, 0.25) is 0 Å². The van der Waals surface area contributed by atoms with E-state index in [1.165, 1.54) is 11.1 Å². The minimum Gasteiger partial charge on any atom is -0.493 e. The molecule has 6 nitrogen and oxygen atoms in total. The molecule has 0 aliphatic carbocycles. The van der Waals surface area contributed by atoms with Gasteiger partial charge in [0.25, 0.3) is 0 Å². The van der Waals surface area contributed by atoms with E-state index < -0.39 is 0 Å². The van der Waals surface area contributed by atoms with E-state index in [0.29, 0.717) is 12.0 Å². The quantitative estimate of drug-likeness (QED) is 0.666. The normalized spacial score (nSPS) is 22.4. The van der Waals surface area contributed by atoms with Crippen molar-refractivity contribution in [2.45, 2.75) is 32.2 Å². The first-order valence-electron chi connectivity index (χ1n) is 9.92. The zero-order valence-corrected chi connectivity index (χ0v) is 16.3. The summed E-state index contributed by atoms with van der Waals surface area (Å²) >= 11 is 0. The number of benzene rings is 1. The molecule has 2 aliphatic heterocycles. The number of guanidine groups is 1. The van der Waals surface area contributed by atoms with Crippen LogP contribution in [0, 0.1) is 5.92 Å². The lowest BCUT2D eigenvalue weighted by Crippen LogP contribution is -2.49. The van der Waals surface area contributed by atoms with Crippen molar-refractivity contribution in [2.75, 3.05) is 33.3 Å². The van der Waals surface area contributed by atoms with E-state index in [0.717, 1.165) is 57.2 Å². The summed E-state index contributed by atoms with van der Waals surface area (Å²) in [5, 5.41) is 3.56. The summed E-state index contributed by atoms with van der Waals surface area (Å²) in [5.41, 5.74) is 2.69. The highest BCUT2D eigenvalue weighted by molar-refractivity contribution is 5.80. The Bertz CT molecular complexity index is 786. The van der Waals surface area contributed by atoms with Crippen molar-refractivity contribution in [3.05, 3.63) is 48.0 Å². The summed E-state index contributed by atoms with van der Waals surface area (Å²) in [6.07, 6.45) is 9.03. The molecule has 1 aromatic carbocycles. The third kappa shape index (κ3) is 3.94. The van der Waals surface area contributed by atoms with E-state index in [1.807, 2.05) is 19.6 Å². The molecule has 0 spiro atoms. The Hall–Kier alpha value is -2.50. The molecule has 2 aliphatic rings. The number of nitrogens with one attached hydrogen (secondary N) is 1. The number of piperidine rings is 1. The minimum absolute atomic E-state index is 0.441. The van der Waals surface area contributed by atoms with Gasteiger partial charge in [0.2, 0.25) is 0 Å². The predicted molar refractivity (Wildman–Crippen MR) is 107 cm³/mol. The molecule has 4 rings (SSSR count). The molecule has 0 amide bonds. The topological polar surface area (TPSA) is 54.7 Å². The van der Waals surface area contributed by atoms with Crippen molar-refractivity contribution in [3.8, 4) is 5.75 Å². The summed E-state index contributed by atoms with van der Waals surface area (Å²) in [5.74, 6) is 2.69. The Balaban J connectivity index is 1.34. The molecule has 1 saturated heterocycles.